The average Bonchev–Trinajstić information content (AvgIpc) is 3.44. The van der Waals surface area contributed by atoms with Gasteiger partial charge in [0.25, 0.3) is 5.89 Å². The van der Waals surface area contributed by atoms with Crippen LogP contribution < -0.4 is 5.32 Å². The third-order valence-electron chi connectivity index (χ3n) is 5.43. The molecule has 29 heavy (non-hydrogen) atoms. The van der Waals surface area contributed by atoms with Crippen LogP contribution in [0.1, 0.15) is 54.6 Å². The van der Waals surface area contributed by atoms with Gasteiger partial charge in [-0.15, -0.1) is 0 Å². The summed E-state index contributed by atoms with van der Waals surface area (Å²) < 4.78 is 16.8. The van der Waals surface area contributed by atoms with Gasteiger partial charge >= 0.3 is 6.03 Å². The fourth-order valence-corrected chi connectivity index (χ4v) is 3.64. The number of carbonyl (C=O) groups is 1. The molecule has 2 aromatic rings. The first-order valence-electron chi connectivity index (χ1n) is 10.3. The molecule has 3 heterocycles. The monoisotopic (exact) mass is 400 g/mol. The molecule has 156 valence electrons. The van der Waals surface area contributed by atoms with Crippen LogP contribution in [0, 0.1) is 6.92 Å². The van der Waals surface area contributed by atoms with Gasteiger partial charge in [0.2, 0.25) is 0 Å². The quantitative estimate of drug-likeness (QED) is 0.801. The number of hydrogen-bond donors (Lipinski definition) is 1. The van der Waals surface area contributed by atoms with Crippen molar-refractivity contribution < 1.29 is 18.8 Å². The number of ether oxygens (including phenoxy) is 2. The number of hydrogen-bond acceptors (Lipinski definition) is 6. The molecule has 2 aliphatic rings. The smallest absolute Gasteiger partial charge is 0.317 e. The maximum atomic E-state index is 12.4. The molecule has 1 N–H and O–H groups in total. The van der Waals surface area contributed by atoms with Crippen LogP contribution in [-0.2, 0) is 22.6 Å². The predicted molar refractivity (Wildman–Crippen MR) is 105 cm³/mol. The predicted octanol–water partition coefficient (Wildman–Crippen LogP) is 3.12. The van der Waals surface area contributed by atoms with E-state index in [1.54, 1.807) is 0 Å². The molecule has 1 unspecified atom stereocenters. The van der Waals surface area contributed by atoms with Crippen LogP contribution in [0.15, 0.2) is 28.8 Å². The summed E-state index contributed by atoms with van der Waals surface area (Å²) in [6.45, 7) is 5.02. The molecule has 1 aromatic carbocycles. The minimum Gasteiger partial charge on any atom is -0.370 e. The van der Waals surface area contributed by atoms with Crippen molar-refractivity contribution in [3.63, 3.8) is 0 Å². The van der Waals surface area contributed by atoms with Crippen molar-refractivity contribution in [1.29, 1.82) is 0 Å². The van der Waals surface area contributed by atoms with E-state index in [0.717, 1.165) is 37.9 Å². The number of benzene rings is 1. The van der Waals surface area contributed by atoms with Crippen molar-refractivity contribution >= 4 is 6.03 Å². The van der Waals surface area contributed by atoms with Gasteiger partial charge in [0.1, 0.15) is 12.7 Å². The van der Waals surface area contributed by atoms with Gasteiger partial charge in [-0.2, -0.15) is 4.98 Å². The van der Waals surface area contributed by atoms with Gasteiger partial charge in [0.05, 0.1) is 6.10 Å². The summed E-state index contributed by atoms with van der Waals surface area (Å²) >= 11 is 0. The molecule has 0 radical (unpaired) electrons. The number of aromatic nitrogens is 2. The summed E-state index contributed by atoms with van der Waals surface area (Å²) in [5.74, 6) is 1.09. The van der Waals surface area contributed by atoms with E-state index < -0.39 is 0 Å². The van der Waals surface area contributed by atoms with E-state index in [9.17, 15) is 4.79 Å². The van der Waals surface area contributed by atoms with Gasteiger partial charge in [-0.05, 0) is 38.2 Å². The Hall–Kier alpha value is -2.45. The zero-order valence-corrected chi connectivity index (χ0v) is 16.8. The lowest BCUT2D eigenvalue weighted by Crippen LogP contribution is -2.45. The summed E-state index contributed by atoms with van der Waals surface area (Å²) in [5.41, 5.74) is 2.32. The Balaban J connectivity index is 1.16. The van der Waals surface area contributed by atoms with Crippen molar-refractivity contribution in [2.75, 3.05) is 19.7 Å². The minimum absolute atomic E-state index is 0.0246. The van der Waals surface area contributed by atoms with Crippen molar-refractivity contribution in [1.82, 2.24) is 20.4 Å². The Labute approximate surface area is 170 Å². The number of piperidine rings is 1. The average molecular weight is 400 g/mol. The molecule has 0 saturated carbocycles. The second kappa shape index (κ2) is 9.37. The zero-order chi connectivity index (χ0) is 20.1. The van der Waals surface area contributed by atoms with Crippen LogP contribution in [0.2, 0.25) is 0 Å². The van der Waals surface area contributed by atoms with Crippen LogP contribution in [0.5, 0.6) is 0 Å². The lowest BCUT2D eigenvalue weighted by atomic mass is 10.1. The number of rotatable bonds is 6. The first-order chi connectivity index (χ1) is 14.2. The van der Waals surface area contributed by atoms with E-state index in [-0.39, 0.29) is 18.2 Å². The summed E-state index contributed by atoms with van der Waals surface area (Å²) in [7, 11) is 0. The molecular formula is C21H28N4O4. The molecule has 8 heteroatoms. The number of carbonyl (C=O) groups excluding carboxylic acids is 1. The molecule has 0 aliphatic carbocycles. The summed E-state index contributed by atoms with van der Waals surface area (Å²) in [6.07, 6.45) is 3.57. The largest absolute Gasteiger partial charge is 0.370 e. The van der Waals surface area contributed by atoms with Crippen LogP contribution in [-0.4, -0.2) is 46.9 Å². The Morgan fingerprint density at radius 3 is 2.76 bits per heavy atom. The standard InChI is InChI=1S/C21H28N4O4/c1-15-4-6-16(7-5-15)13-22-21(26)25-10-8-17(9-11-25)28-14-19-23-20(29-24-19)18-3-2-12-27-18/h4-7,17-18H,2-3,8-14H2,1H3,(H,22,26). The fraction of sp³-hybridized carbons (Fsp3) is 0.571. The SMILES string of the molecule is Cc1ccc(CNC(=O)N2CCC(OCc3noc(C4CCCO4)n3)CC2)cc1. The van der Waals surface area contributed by atoms with Crippen molar-refractivity contribution in [3.8, 4) is 0 Å². The Morgan fingerprint density at radius 2 is 2.03 bits per heavy atom. The van der Waals surface area contributed by atoms with E-state index in [0.29, 0.717) is 38.0 Å². The summed E-state index contributed by atoms with van der Waals surface area (Å²) in [6, 6.07) is 8.16. The molecule has 1 atom stereocenters. The molecule has 0 bridgehead atoms. The maximum Gasteiger partial charge on any atom is 0.317 e. The number of nitrogens with one attached hydrogen (secondary N) is 1. The molecule has 1 aromatic heterocycles. The first kappa shape index (κ1) is 19.8. The Morgan fingerprint density at radius 1 is 1.24 bits per heavy atom. The minimum atomic E-state index is -0.0714. The Bertz CT molecular complexity index is 793. The van der Waals surface area contributed by atoms with Crippen LogP contribution in [0.3, 0.4) is 0 Å². The highest BCUT2D eigenvalue weighted by Crippen LogP contribution is 2.27. The second-order valence-corrected chi connectivity index (χ2v) is 7.69. The zero-order valence-electron chi connectivity index (χ0n) is 16.8. The van der Waals surface area contributed by atoms with E-state index >= 15 is 0 Å². The van der Waals surface area contributed by atoms with Crippen molar-refractivity contribution in [3.05, 3.63) is 47.1 Å². The lowest BCUT2D eigenvalue weighted by molar-refractivity contribution is 0.000891. The molecule has 2 amide bonds. The number of likely N-dealkylation sites (tertiary alicyclic amines) is 1. The molecule has 4 rings (SSSR count). The van der Waals surface area contributed by atoms with E-state index in [4.69, 9.17) is 14.0 Å². The summed E-state index contributed by atoms with van der Waals surface area (Å²) in [4.78, 5) is 18.6. The van der Waals surface area contributed by atoms with Gasteiger partial charge in [-0.25, -0.2) is 4.79 Å². The molecule has 2 aliphatic heterocycles. The van der Waals surface area contributed by atoms with E-state index in [1.165, 1.54) is 5.56 Å². The van der Waals surface area contributed by atoms with Gasteiger partial charge in [-0.3, -0.25) is 0 Å². The molecule has 2 saturated heterocycles. The first-order valence-corrected chi connectivity index (χ1v) is 10.3. The number of nitrogens with zero attached hydrogens (tertiary/aromatic N) is 3. The number of aryl methyl sites for hydroxylation is 1. The second-order valence-electron chi connectivity index (χ2n) is 7.69. The summed E-state index contributed by atoms with van der Waals surface area (Å²) in [5, 5.41) is 6.97. The van der Waals surface area contributed by atoms with Crippen molar-refractivity contribution in [2.24, 2.45) is 0 Å². The van der Waals surface area contributed by atoms with Gasteiger partial charge in [0, 0.05) is 26.2 Å². The lowest BCUT2D eigenvalue weighted by Gasteiger charge is -2.31. The topological polar surface area (TPSA) is 89.7 Å². The highest BCUT2D eigenvalue weighted by molar-refractivity contribution is 5.74. The number of amides is 2. The van der Waals surface area contributed by atoms with Gasteiger partial charge in [-0.1, -0.05) is 35.0 Å². The van der Waals surface area contributed by atoms with Crippen molar-refractivity contribution in [2.45, 2.75) is 58.0 Å². The van der Waals surface area contributed by atoms with E-state index in [2.05, 4.69) is 34.5 Å². The fourth-order valence-electron chi connectivity index (χ4n) is 3.64. The molecule has 0 spiro atoms. The molecule has 8 nitrogen and oxygen atoms in total. The van der Waals surface area contributed by atoms with E-state index in [1.807, 2.05) is 17.0 Å². The third kappa shape index (κ3) is 5.33. The van der Waals surface area contributed by atoms with Crippen LogP contribution in [0.25, 0.3) is 0 Å². The Kier molecular flexibility index (Phi) is 6.41. The van der Waals surface area contributed by atoms with Crippen LogP contribution in [0.4, 0.5) is 4.79 Å². The van der Waals surface area contributed by atoms with Gasteiger partial charge in [0.15, 0.2) is 5.82 Å². The highest BCUT2D eigenvalue weighted by Gasteiger charge is 2.26. The maximum absolute atomic E-state index is 12.4. The highest BCUT2D eigenvalue weighted by atomic mass is 16.5. The van der Waals surface area contributed by atoms with Gasteiger partial charge < -0.3 is 24.2 Å². The van der Waals surface area contributed by atoms with Crippen LogP contribution >= 0.6 is 0 Å². The molecular weight excluding hydrogens is 372 g/mol. The normalized spacial score (nSPS) is 20.2. The third-order valence-corrected chi connectivity index (χ3v) is 5.43. The molecule has 2 fully saturated rings. The number of urea groups is 1.